The zero-order valence-electron chi connectivity index (χ0n) is 7.95. The van der Waals surface area contributed by atoms with Crippen LogP contribution in [0.3, 0.4) is 0 Å². The molecule has 0 aromatic carbocycles. The second-order valence-electron chi connectivity index (χ2n) is 3.43. The molecule has 3 atom stereocenters. The number of rotatable bonds is 5. The Bertz CT molecular complexity index is 145. The van der Waals surface area contributed by atoms with Crippen LogP contribution in [-0.4, -0.2) is 22.3 Å². The van der Waals surface area contributed by atoms with Gasteiger partial charge in [-0.3, -0.25) is 4.79 Å². The van der Waals surface area contributed by atoms with Gasteiger partial charge in [0.25, 0.3) is 0 Å². The molecule has 0 unspecified atom stereocenters. The molecule has 0 aromatic heterocycles. The SMILES string of the molecule is CC[C@@H](O)[C@@H](C)C[C@@H](C)C(=O)O. The minimum Gasteiger partial charge on any atom is -0.481 e. The molecule has 3 nitrogen and oxygen atoms in total. The molecule has 0 aromatic rings. The van der Waals surface area contributed by atoms with Crippen LogP contribution in [0.15, 0.2) is 0 Å². The lowest BCUT2D eigenvalue weighted by atomic mass is 9.92. The van der Waals surface area contributed by atoms with Crippen LogP contribution in [0.25, 0.3) is 0 Å². The first-order valence-electron chi connectivity index (χ1n) is 4.39. The van der Waals surface area contributed by atoms with Gasteiger partial charge < -0.3 is 10.2 Å². The molecule has 0 radical (unpaired) electrons. The molecule has 12 heavy (non-hydrogen) atoms. The third kappa shape index (κ3) is 3.72. The first-order valence-corrected chi connectivity index (χ1v) is 4.39. The highest BCUT2D eigenvalue weighted by molar-refractivity contribution is 5.69. The van der Waals surface area contributed by atoms with Gasteiger partial charge in [0.15, 0.2) is 0 Å². The van der Waals surface area contributed by atoms with Gasteiger partial charge in [-0.05, 0) is 18.8 Å². The molecular formula is C9H18O3. The second-order valence-corrected chi connectivity index (χ2v) is 3.43. The maximum Gasteiger partial charge on any atom is 0.306 e. The van der Waals surface area contributed by atoms with E-state index in [0.717, 1.165) is 0 Å². The van der Waals surface area contributed by atoms with E-state index in [1.165, 1.54) is 0 Å². The lowest BCUT2D eigenvalue weighted by molar-refractivity contribution is -0.141. The summed E-state index contributed by atoms with van der Waals surface area (Å²) in [4.78, 5) is 10.5. The molecule has 0 rings (SSSR count). The summed E-state index contributed by atoms with van der Waals surface area (Å²) in [6.45, 7) is 5.45. The zero-order valence-corrected chi connectivity index (χ0v) is 7.95. The highest BCUT2D eigenvalue weighted by atomic mass is 16.4. The lowest BCUT2D eigenvalue weighted by Gasteiger charge is -2.18. The molecule has 0 fully saturated rings. The molecule has 0 amide bonds. The molecule has 3 heteroatoms. The van der Waals surface area contributed by atoms with Crippen molar-refractivity contribution in [1.29, 1.82) is 0 Å². The monoisotopic (exact) mass is 174 g/mol. The fourth-order valence-corrected chi connectivity index (χ4v) is 1.22. The largest absolute Gasteiger partial charge is 0.481 e. The van der Waals surface area contributed by atoms with Gasteiger partial charge in [0.05, 0.1) is 12.0 Å². The van der Waals surface area contributed by atoms with Gasteiger partial charge >= 0.3 is 5.97 Å². The molecule has 0 aliphatic carbocycles. The summed E-state index contributed by atoms with van der Waals surface area (Å²) in [7, 11) is 0. The first-order chi connectivity index (χ1) is 5.49. The van der Waals surface area contributed by atoms with Crippen LogP contribution >= 0.6 is 0 Å². The molecule has 0 heterocycles. The number of carbonyl (C=O) groups is 1. The maximum absolute atomic E-state index is 10.5. The summed E-state index contributed by atoms with van der Waals surface area (Å²) < 4.78 is 0. The van der Waals surface area contributed by atoms with E-state index < -0.39 is 5.97 Å². The number of carboxylic acid groups (broad SMARTS) is 1. The van der Waals surface area contributed by atoms with Crippen molar-refractivity contribution >= 4 is 5.97 Å². The van der Waals surface area contributed by atoms with E-state index in [0.29, 0.717) is 12.8 Å². The predicted molar refractivity (Wildman–Crippen MR) is 46.9 cm³/mol. The Labute approximate surface area is 73.4 Å². The third-order valence-corrected chi connectivity index (χ3v) is 2.22. The minimum absolute atomic E-state index is 0.0705. The van der Waals surface area contributed by atoms with Crippen molar-refractivity contribution in [1.82, 2.24) is 0 Å². The first kappa shape index (κ1) is 11.4. The summed E-state index contributed by atoms with van der Waals surface area (Å²) in [6, 6.07) is 0. The van der Waals surface area contributed by atoms with Crippen molar-refractivity contribution in [2.75, 3.05) is 0 Å². The fraction of sp³-hybridized carbons (Fsp3) is 0.889. The van der Waals surface area contributed by atoms with Gasteiger partial charge in [-0.2, -0.15) is 0 Å². The van der Waals surface area contributed by atoms with Gasteiger partial charge in [-0.15, -0.1) is 0 Å². The van der Waals surface area contributed by atoms with Crippen molar-refractivity contribution in [2.45, 2.75) is 39.7 Å². The molecule has 0 aliphatic rings. The molecule has 0 aliphatic heterocycles. The maximum atomic E-state index is 10.5. The molecule has 0 spiro atoms. The molecule has 0 saturated heterocycles. The standard InChI is InChI=1S/C9H18O3/c1-4-8(10)6(2)5-7(3)9(11)12/h6-8,10H,4-5H2,1-3H3,(H,11,12)/t6-,7+,8+/m0/s1. The number of hydrogen-bond donors (Lipinski definition) is 2. The molecular weight excluding hydrogens is 156 g/mol. The van der Waals surface area contributed by atoms with Crippen LogP contribution in [0.5, 0.6) is 0 Å². The number of aliphatic hydroxyl groups is 1. The lowest BCUT2D eigenvalue weighted by Crippen LogP contribution is -2.22. The van der Waals surface area contributed by atoms with Crippen LogP contribution in [0.4, 0.5) is 0 Å². The van der Waals surface area contributed by atoms with E-state index in [4.69, 9.17) is 5.11 Å². The predicted octanol–water partition coefficient (Wildman–Crippen LogP) is 1.50. The fourth-order valence-electron chi connectivity index (χ4n) is 1.22. The average Bonchev–Trinajstić information content (AvgIpc) is 2.02. The van der Waals surface area contributed by atoms with Crippen molar-refractivity contribution < 1.29 is 15.0 Å². The Kier molecular flexibility index (Phi) is 4.90. The smallest absolute Gasteiger partial charge is 0.306 e. The van der Waals surface area contributed by atoms with Crippen molar-refractivity contribution in [2.24, 2.45) is 11.8 Å². The minimum atomic E-state index is -0.787. The Morgan fingerprint density at radius 2 is 1.92 bits per heavy atom. The van der Waals surface area contributed by atoms with E-state index >= 15 is 0 Å². The quantitative estimate of drug-likeness (QED) is 0.664. The number of hydrogen-bond acceptors (Lipinski definition) is 2. The normalized spacial score (nSPS) is 18.3. The van der Waals surface area contributed by atoms with Gasteiger partial charge in [-0.25, -0.2) is 0 Å². The van der Waals surface area contributed by atoms with Crippen molar-refractivity contribution in [3.8, 4) is 0 Å². The summed E-state index contributed by atoms with van der Waals surface area (Å²) in [6.07, 6.45) is 0.865. The van der Waals surface area contributed by atoms with Crippen LogP contribution in [-0.2, 0) is 4.79 Å². The van der Waals surface area contributed by atoms with Gasteiger partial charge in [0, 0.05) is 0 Å². The van der Waals surface area contributed by atoms with E-state index in [9.17, 15) is 9.90 Å². The summed E-state index contributed by atoms with van der Waals surface area (Å²) in [5.74, 6) is -1.08. The molecule has 2 N–H and O–H groups in total. The second kappa shape index (κ2) is 5.14. The average molecular weight is 174 g/mol. The van der Waals surface area contributed by atoms with Crippen molar-refractivity contribution in [3.05, 3.63) is 0 Å². The number of carboxylic acids is 1. The highest BCUT2D eigenvalue weighted by Crippen LogP contribution is 2.17. The van der Waals surface area contributed by atoms with Crippen LogP contribution < -0.4 is 0 Å². The zero-order chi connectivity index (χ0) is 9.72. The van der Waals surface area contributed by atoms with Gasteiger partial charge in [-0.1, -0.05) is 20.8 Å². The molecule has 72 valence electrons. The summed E-state index contributed by atoms with van der Waals surface area (Å²) in [5, 5.41) is 18.0. The van der Waals surface area contributed by atoms with Crippen LogP contribution in [0.2, 0.25) is 0 Å². The van der Waals surface area contributed by atoms with Crippen LogP contribution in [0, 0.1) is 11.8 Å². The third-order valence-electron chi connectivity index (χ3n) is 2.22. The van der Waals surface area contributed by atoms with E-state index in [1.54, 1.807) is 6.92 Å². The van der Waals surface area contributed by atoms with E-state index in [-0.39, 0.29) is 17.9 Å². The molecule has 0 bridgehead atoms. The van der Waals surface area contributed by atoms with Crippen molar-refractivity contribution in [3.63, 3.8) is 0 Å². The Morgan fingerprint density at radius 3 is 2.25 bits per heavy atom. The van der Waals surface area contributed by atoms with E-state index in [2.05, 4.69) is 0 Å². The summed E-state index contributed by atoms with van der Waals surface area (Å²) >= 11 is 0. The Hall–Kier alpha value is -0.570. The van der Waals surface area contributed by atoms with Gasteiger partial charge in [0.1, 0.15) is 0 Å². The highest BCUT2D eigenvalue weighted by Gasteiger charge is 2.19. The number of aliphatic carboxylic acids is 1. The van der Waals surface area contributed by atoms with Crippen LogP contribution in [0.1, 0.15) is 33.6 Å². The topological polar surface area (TPSA) is 57.5 Å². The van der Waals surface area contributed by atoms with E-state index in [1.807, 2.05) is 13.8 Å². The van der Waals surface area contributed by atoms with Gasteiger partial charge in [0.2, 0.25) is 0 Å². The Morgan fingerprint density at radius 1 is 1.42 bits per heavy atom. The molecule has 0 saturated carbocycles. The summed E-state index contributed by atoms with van der Waals surface area (Å²) in [5.41, 5.74) is 0. The number of aliphatic hydroxyl groups excluding tert-OH is 1. The Balaban J connectivity index is 3.83.